The van der Waals surface area contributed by atoms with Crippen LogP contribution in [0.25, 0.3) is 11.4 Å². The van der Waals surface area contributed by atoms with Gasteiger partial charge in [-0.1, -0.05) is 35.5 Å². The Bertz CT molecular complexity index is 695. The van der Waals surface area contributed by atoms with Crippen LogP contribution in [-0.4, -0.2) is 15.2 Å². The molecule has 0 radical (unpaired) electrons. The molecule has 2 N–H and O–H groups in total. The molecule has 0 aliphatic rings. The van der Waals surface area contributed by atoms with Crippen LogP contribution in [0.3, 0.4) is 0 Å². The summed E-state index contributed by atoms with van der Waals surface area (Å²) in [6, 6.07) is 16.5. The van der Waals surface area contributed by atoms with Crippen molar-refractivity contribution in [2.24, 2.45) is 0 Å². The van der Waals surface area contributed by atoms with E-state index < -0.39 is 0 Å². The second-order valence-corrected chi connectivity index (χ2v) is 4.28. The van der Waals surface area contributed by atoms with Crippen LogP contribution in [0.2, 0.25) is 0 Å². The smallest absolute Gasteiger partial charge is 0.246 e. The van der Waals surface area contributed by atoms with E-state index in [-0.39, 0.29) is 5.75 Å². The summed E-state index contributed by atoms with van der Waals surface area (Å²) < 4.78 is 5.18. The van der Waals surface area contributed by atoms with Crippen LogP contribution in [0, 0.1) is 0 Å². The number of hydrogen-bond acceptors (Lipinski definition) is 5. The number of phenolic OH excluding ortho intramolecular Hbond substituents is 1. The maximum atomic E-state index is 9.43. The summed E-state index contributed by atoms with van der Waals surface area (Å²) in [6.45, 7) is 0.454. The third-order valence-electron chi connectivity index (χ3n) is 2.79. The highest BCUT2D eigenvalue weighted by atomic mass is 16.5. The van der Waals surface area contributed by atoms with Gasteiger partial charge in [-0.3, -0.25) is 0 Å². The number of rotatable bonds is 4. The summed E-state index contributed by atoms with van der Waals surface area (Å²) in [5.41, 5.74) is 1.71. The number of phenols is 1. The lowest BCUT2D eigenvalue weighted by atomic mass is 10.2. The van der Waals surface area contributed by atoms with Gasteiger partial charge in [-0.15, -0.1) is 0 Å². The first-order valence-corrected chi connectivity index (χ1v) is 6.22. The van der Waals surface area contributed by atoms with E-state index in [1.165, 1.54) is 0 Å². The minimum absolute atomic E-state index is 0.177. The second kappa shape index (κ2) is 5.44. The summed E-state index contributed by atoms with van der Waals surface area (Å²) in [5, 5.41) is 16.5. The molecule has 5 nitrogen and oxygen atoms in total. The van der Waals surface area contributed by atoms with E-state index in [4.69, 9.17) is 4.52 Å². The number of nitrogens with one attached hydrogen (secondary N) is 1. The van der Waals surface area contributed by atoms with Crippen molar-refractivity contribution in [2.45, 2.75) is 6.54 Å². The Morgan fingerprint density at radius 1 is 1.05 bits per heavy atom. The molecule has 0 amide bonds. The van der Waals surface area contributed by atoms with E-state index in [1.54, 1.807) is 18.2 Å². The molecule has 1 heterocycles. The van der Waals surface area contributed by atoms with Gasteiger partial charge in [0.25, 0.3) is 0 Å². The molecule has 100 valence electrons. The molecule has 0 saturated heterocycles. The number of anilines is 1. The third kappa shape index (κ3) is 2.77. The van der Waals surface area contributed by atoms with E-state index in [2.05, 4.69) is 15.5 Å². The molecule has 5 heteroatoms. The molecular weight excluding hydrogens is 254 g/mol. The minimum Gasteiger partial charge on any atom is -0.508 e. The van der Waals surface area contributed by atoms with Crippen LogP contribution >= 0.6 is 0 Å². The first-order valence-electron chi connectivity index (χ1n) is 6.22. The zero-order valence-electron chi connectivity index (χ0n) is 10.7. The second-order valence-electron chi connectivity index (χ2n) is 4.28. The summed E-state index contributed by atoms with van der Waals surface area (Å²) in [5.74, 6) is 1.13. The van der Waals surface area contributed by atoms with Crippen molar-refractivity contribution >= 4 is 5.69 Å². The van der Waals surface area contributed by atoms with Gasteiger partial charge in [-0.25, -0.2) is 0 Å². The molecule has 0 unspecified atom stereocenters. The minimum atomic E-state index is 0.177. The zero-order chi connectivity index (χ0) is 13.8. The predicted octanol–water partition coefficient (Wildman–Crippen LogP) is 3.05. The van der Waals surface area contributed by atoms with Crippen molar-refractivity contribution in [1.29, 1.82) is 0 Å². The molecule has 0 bridgehead atoms. The van der Waals surface area contributed by atoms with Crippen molar-refractivity contribution in [3.05, 3.63) is 60.5 Å². The van der Waals surface area contributed by atoms with Gasteiger partial charge >= 0.3 is 0 Å². The summed E-state index contributed by atoms with van der Waals surface area (Å²) >= 11 is 0. The lowest BCUT2D eigenvalue weighted by Gasteiger charge is -2.01. The normalized spacial score (nSPS) is 10.4. The maximum absolute atomic E-state index is 9.43. The number of aromatic hydroxyl groups is 1. The van der Waals surface area contributed by atoms with Gasteiger partial charge in [0.05, 0.1) is 6.54 Å². The molecule has 0 aliphatic heterocycles. The maximum Gasteiger partial charge on any atom is 0.246 e. The van der Waals surface area contributed by atoms with Gasteiger partial charge in [-0.2, -0.15) is 4.98 Å². The topological polar surface area (TPSA) is 71.2 Å². The fraction of sp³-hybridized carbons (Fsp3) is 0.0667. The molecule has 3 rings (SSSR count). The first-order chi connectivity index (χ1) is 9.81. The monoisotopic (exact) mass is 267 g/mol. The van der Waals surface area contributed by atoms with Crippen molar-refractivity contribution in [3.63, 3.8) is 0 Å². The Balaban J connectivity index is 1.71. The number of aromatic nitrogens is 2. The van der Waals surface area contributed by atoms with Gasteiger partial charge in [-0.05, 0) is 24.3 Å². The Kier molecular flexibility index (Phi) is 3.33. The van der Waals surface area contributed by atoms with E-state index in [9.17, 15) is 5.11 Å². The van der Waals surface area contributed by atoms with Crippen LogP contribution in [0.4, 0.5) is 5.69 Å². The average molecular weight is 267 g/mol. The van der Waals surface area contributed by atoms with Gasteiger partial charge in [0.2, 0.25) is 11.7 Å². The lowest BCUT2D eigenvalue weighted by molar-refractivity contribution is 0.384. The predicted molar refractivity (Wildman–Crippen MR) is 75.2 cm³/mol. The molecule has 0 aliphatic carbocycles. The van der Waals surface area contributed by atoms with Gasteiger partial charge in [0.15, 0.2) is 0 Å². The van der Waals surface area contributed by atoms with E-state index in [1.807, 2.05) is 36.4 Å². The van der Waals surface area contributed by atoms with Crippen molar-refractivity contribution in [3.8, 4) is 17.1 Å². The van der Waals surface area contributed by atoms with E-state index in [0.717, 1.165) is 11.3 Å². The highest BCUT2D eigenvalue weighted by Gasteiger charge is 2.08. The largest absolute Gasteiger partial charge is 0.508 e. The SMILES string of the molecule is Oc1cccc(-c2noc(CNc3ccccc3)n2)c1. The van der Waals surface area contributed by atoms with Crippen molar-refractivity contribution < 1.29 is 9.63 Å². The molecule has 0 spiro atoms. The summed E-state index contributed by atoms with van der Waals surface area (Å²) in [6.07, 6.45) is 0. The average Bonchev–Trinajstić information content (AvgIpc) is 2.95. The van der Waals surface area contributed by atoms with Crippen LogP contribution < -0.4 is 5.32 Å². The zero-order valence-corrected chi connectivity index (χ0v) is 10.7. The van der Waals surface area contributed by atoms with Crippen LogP contribution in [0.15, 0.2) is 59.1 Å². The van der Waals surface area contributed by atoms with Gasteiger partial charge in [0, 0.05) is 11.3 Å². The summed E-state index contributed by atoms with van der Waals surface area (Å²) in [4.78, 5) is 4.29. The standard InChI is InChI=1S/C15H13N3O2/c19-13-8-4-5-11(9-13)15-17-14(20-18-15)10-16-12-6-2-1-3-7-12/h1-9,16,19H,10H2. The van der Waals surface area contributed by atoms with E-state index in [0.29, 0.717) is 18.3 Å². The van der Waals surface area contributed by atoms with Crippen molar-refractivity contribution in [2.75, 3.05) is 5.32 Å². The molecule has 0 fully saturated rings. The highest BCUT2D eigenvalue weighted by molar-refractivity contribution is 5.56. The first kappa shape index (κ1) is 12.2. The van der Waals surface area contributed by atoms with E-state index >= 15 is 0 Å². The Morgan fingerprint density at radius 2 is 1.90 bits per heavy atom. The summed E-state index contributed by atoms with van der Waals surface area (Å²) in [7, 11) is 0. The fourth-order valence-corrected chi connectivity index (χ4v) is 1.82. The molecule has 2 aromatic carbocycles. The fourth-order valence-electron chi connectivity index (χ4n) is 1.82. The number of benzene rings is 2. The number of nitrogens with zero attached hydrogens (tertiary/aromatic N) is 2. The quantitative estimate of drug-likeness (QED) is 0.760. The lowest BCUT2D eigenvalue weighted by Crippen LogP contribution is -1.99. The molecule has 20 heavy (non-hydrogen) atoms. The van der Waals surface area contributed by atoms with Crippen LogP contribution in [0.5, 0.6) is 5.75 Å². The van der Waals surface area contributed by atoms with Crippen molar-refractivity contribution in [1.82, 2.24) is 10.1 Å². The highest BCUT2D eigenvalue weighted by Crippen LogP contribution is 2.20. The Morgan fingerprint density at radius 3 is 2.70 bits per heavy atom. The molecular formula is C15H13N3O2. The molecule has 0 atom stereocenters. The molecule has 0 saturated carbocycles. The third-order valence-corrected chi connectivity index (χ3v) is 2.79. The van der Waals surface area contributed by atoms with Crippen LogP contribution in [0.1, 0.15) is 5.89 Å². The Labute approximate surface area is 115 Å². The Hall–Kier alpha value is -2.82. The van der Waals surface area contributed by atoms with Crippen LogP contribution in [-0.2, 0) is 6.54 Å². The van der Waals surface area contributed by atoms with Gasteiger partial charge in [0.1, 0.15) is 5.75 Å². The van der Waals surface area contributed by atoms with Gasteiger partial charge < -0.3 is 14.9 Å². The molecule has 1 aromatic heterocycles. The molecule has 3 aromatic rings. The number of para-hydroxylation sites is 1. The number of hydrogen-bond donors (Lipinski definition) is 2.